The van der Waals surface area contributed by atoms with Crippen LogP contribution in [0.1, 0.15) is 16.8 Å². The van der Waals surface area contributed by atoms with E-state index >= 15 is 0 Å². The molecule has 1 aromatic heterocycles. The van der Waals surface area contributed by atoms with E-state index < -0.39 is 0 Å². The van der Waals surface area contributed by atoms with Crippen LogP contribution in [-0.2, 0) is 4.74 Å². The zero-order valence-electron chi connectivity index (χ0n) is 15.5. The van der Waals surface area contributed by atoms with Crippen LogP contribution < -0.4 is 10.1 Å². The smallest absolute Gasteiger partial charge is 0.251 e. The molecule has 27 heavy (non-hydrogen) atoms. The lowest BCUT2D eigenvalue weighted by Crippen LogP contribution is -2.55. The number of hydrogen-bond acceptors (Lipinski definition) is 5. The van der Waals surface area contributed by atoms with Gasteiger partial charge >= 0.3 is 0 Å². The second-order valence-electron chi connectivity index (χ2n) is 6.35. The second kappa shape index (κ2) is 10.6. The first-order valence-corrected chi connectivity index (χ1v) is 8.90. The molecule has 0 aliphatic carbocycles. The van der Waals surface area contributed by atoms with Crippen LogP contribution >= 0.6 is 0 Å². The fourth-order valence-corrected chi connectivity index (χ4v) is 3.15. The van der Waals surface area contributed by atoms with Crippen molar-refractivity contribution in [2.45, 2.75) is 18.6 Å². The van der Waals surface area contributed by atoms with Crippen molar-refractivity contribution in [3.05, 3.63) is 60.4 Å². The van der Waals surface area contributed by atoms with E-state index in [1.54, 1.807) is 19.5 Å². The number of likely N-dealkylation sites (tertiary alicyclic amines) is 1. The standard InChI is InChI=1S/C20H25N3O3.H2O/c1-25-19-15-23(12-13-26-17-8-5-10-21-14-17)11-9-18(19)22-20(24)16-6-3-2-4-7-16;/h2-8,10,14,18-19H,9,11-13,15H2,1H3,(H,22,24);1H2. The molecule has 7 heteroatoms. The molecule has 0 spiro atoms. The summed E-state index contributed by atoms with van der Waals surface area (Å²) in [6, 6.07) is 13.1. The summed E-state index contributed by atoms with van der Waals surface area (Å²) in [4.78, 5) is 18.7. The molecule has 2 aromatic rings. The Balaban J connectivity index is 0.00000261. The average Bonchev–Trinajstić information content (AvgIpc) is 2.70. The van der Waals surface area contributed by atoms with Gasteiger partial charge in [0, 0.05) is 38.5 Å². The highest BCUT2D eigenvalue weighted by Gasteiger charge is 2.30. The maximum absolute atomic E-state index is 12.4. The van der Waals surface area contributed by atoms with Gasteiger partial charge in [-0.15, -0.1) is 0 Å². The van der Waals surface area contributed by atoms with Gasteiger partial charge in [0.2, 0.25) is 0 Å². The molecule has 0 radical (unpaired) electrons. The van der Waals surface area contributed by atoms with Gasteiger partial charge in [0.25, 0.3) is 5.91 Å². The fourth-order valence-electron chi connectivity index (χ4n) is 3.15. The van der Waals surface area contributed by atoms with E-state index in [0.29, 0.717) is 12.2 Å². The van der Waals surface area contributed by atoms with Crippen molar-refractivity contribution in [1.29, 1.82) is 0 Å². The number of piperidine rings is 1. The van der Waals surface area contributed by atoms with Crippen LogP contribution in [0.25, 0.3) is 0 Å². The van der Waals surface area contributed by atoms with Gasteiger partial charge in [0.05, 0.1) is 18.3 Å². The van der Waals surface area contributed by atoms with Crippen LogP contribution in [0.3, 0.4) is 0 Å². The van der Waals surface area contributed by atoms with Gasteiger partial charge in [-0.1, -0.05) is 18.2 Å². The highest BCUT2D eigenvalue weighted by atomic mass is 16.5. The lowest BCUT2D eigenvalue weighted by molar-refractivity contribution is 0.00324. The summed E-state index contributed by atoms with van der Waals surface area (Å²) in [5, 5.41) is 3.11. The summed E-state index contributed by atoms with van der Waals surface area (Å²) in [6.07, 6.45) is 4.26. The first kappa shape index (κ1) is 20.8. The largest absolute Gasteiger partial charge is 0.491 e. The van der Waals surface area contributed by atoms with E-state index in [1.807, 2.05) is 42.5 Å². The minimum Gasteiger partial charge on any atom is -0.491 e. The van der Waals surface area contributed by atoms with Gasteiger partial charge < -0.3 is 20.3 Å². The van der Waals surface area contributed by atoms with Gasteiger partial charge in [-0.3, -0.25) is 14.7 Å². The van der Waals surface area contributed by atoms with Crippen molar-refractivity contribution >= 4 is 5.91 Å². The first-order valence-electron chi connectivity index (χ1n) is 8.90. The van der Waals surface area contributed by atoms with Crippen molar-refractivity contribution in [3.8, 4) is 5.75 Å². The topological polar surface area (TPSA) is 95.2 Å². The number of aromatic nitrogens is 1. The van der Waals surface area contributed by atoms with Gasteiger partial charge in [-0.05, 0) is 30.7 Å². The normalized spacial score (nSPS) is 19.7. The summed E-state index contributed by atoms with van der Waals surface area (Å²) in [5.74, 6) is 0.729. The summed E-state index contributed by atoms with van der Waals surface area (Å²) >= 11 is 0. The molecule has 2 unspecified atom stereocenters. The zero-order chi connectivity index (χ0) is 18.2. The predicted octanol–water partition coefficient (Wildman–Crippen LogP) is 1.15. The first-order chi connectivity index (χ1) is 12.8. The molecule has 146 valence electrons. The van der Waals surface area contributed by atoms with Gasteiger partial charge in [-0.2, -0.15) is 0 Å². The number of nitrogens with one attached hydrogen (secondary N) is 1. The number of nitrogens with zero attached hydrogens (tertiary/aromatic N) is 2. The van der Waals surface area contributed by atoms with Crippen LogP contribution in [0.5, 0.6) is 5.75 Å². The van der Waals surface area contributed by atoms with Crippen molar-refractivity contribution in [2.75, 3.05) is 33.4 Å². The van der Waals surface area contributed by atoms with Gasteiger partial charge in [0.15, 0.2) is 0 Å². The lowest BCUT2D eigenvalue weighted by atomic mass is 10.0. The molecule has 7 nitrogen and oxygen atoms in total. The fraction of sp³-hybridized carbons (Fsp3) is 0.400. The maximum Gasteiger partial charge on any atom is 0.251 e. The number of pyridine rings is 1. The average molecular weight is 373 g/mol. The molecule has 1 fully saturated rings. The minimum atomic E-state index is -0.0500. The number of methoxy groups -OCH3 is 1. The van der Waals surface area contributed by atoms with Crippen molar-refractivity contribution in [3.63, 3.8) is 0 Å². The van der Waals surface area contributed by atoms with Crippen molar-refractivity contribution in [2.24, 2.45) is 0 Å². The monoisotopic (exact) mass is 373 g/mol. The SMILES string of the molecule is COC1CN(CCOc2cccnc2)CCC1NC(=O)c1ccccc1.O. The number of carbonyl (C=O) groups excluding carboxylic acids is 1. The van der Waals surface area contributed by atoms with Crippen molar-refractivity contribution < 1.29 is 19.7 Å². The third-order valence-corrected chi connectivity index (χ3v) is 4.61. The van der Waals surface area contributed by atoms with Crippen molar-refractivity contribution in [1.82, 2.24) is 15.2 Å². The summed E-state index contributed by atoms with van der Waals surface area (Å²) in [7, 11) is 1.70. The number of rotatable bonds is 7. The predicted molar refractivity (Wildman–Crippen MR) is 103 cm³/mol. The van der Waals surface area contributed by atoms with E-state index in [9.17, 15) is 4.79 Å². The Hall–Kier alpha value is -2.48. The number of amides is 1. The molecule has 1 saturated heterocycles. The summed E-state index contributed by atoms with van der Waals surface area (Å²) in [6.45, 7) is 3.08. The lowest BCUT2D eigenvalue weighted by Gasteiger charge is -2.38. The quantitative estimate of drug-likeness (QED) is 0.786. The van der Waals surface area contributed by atoms with E-state index in [1.165, 1.54) is 0 Å². The van der Waals surface area contributed by atoms with E-state index in [0.717, 1.165) is 31.8 Å². The Kier molecular flexibility index (Phi) is 8.19. The molecule has 2 atom stereocenters. The Bertz CT molecular complexity index is 684. The molecular weight excluding hydrogens is 346 g/mol. The van der Waals surface area contributed by atoms with Gasteiger partial charge in [0.1, 0.15) is 12.4 Å². The van der Waals surface area contributed by atoms with Crippen LogP contribution in [0, 0.1) is 0 Å². The Morgan fingerprint density at radius 3 is 2.78 bits per heavy atom. The molecule has 1 aromatic carbocycles. The van der Waals surface area contributed by atoms with E-state index in [4.69, 9.17) is 9.47 Å². The maximum atomic E-state index is 12.4. The molecular formula is C20H27N3O4. The molecule has 1 aliphatic heterocycles. The molecule has 3 N–H and O–H groups in total. The number of carbonyl (C=O) groups is 1. The Morgan fingerprint density at radius 1 is 1.26 bits per heavy atom. The highest BCUT2D eigenvalue weighted by Crippen LogP contribution is 2.15. The molecule has 2 heterocycles. The highest BCUT2D eigenvalue weighted by molar-refractivity contribution is 5.94. The number of ether oxygens (including phenoxy) is 2. The summed E-state index contributed by atoms with van der Waals surface area (Å²) in [5.41, 5.74) is 0.676. The third-order valence-electron chi connectivity index (χ3n) is 4.61. The Morgan fingerprint density at radius 2 is 2.07 bits per heavy atom. The number of benzene rings is 1. The van der Waals surface area contributed by atoms with Crippen LogP contribution in [0.4, 0.5) is 0 Å². The van der Waals surface area contributed by atoms with Crippen LogP contribution in [0.2, 0.25) is 0 Å². The van der Waals surface area contributed by atoms with Crippen LogP contribution in [-0.4, -0.2) is 66.8 Å². The minimum absolute atomic E-state index is 0. The zero-order valence-corrected chi connectivity index (χ0v) is 15.5. The molecule has 1 aliphatic rings. The van der Waals surface area contributed by atoms with Crippen LogP contribution in [0.15, 0.2) is 54.9 Å². The molecule has 3 rings (SSSR count). The van der Waals surface area contributed by atoms with E-state index in [2.05, 4.69) is 15.2 Å². The Labute approximate surface area is 159 Å². The third kappa shape index (κ3) is 6.02. The molecule has 1 amide bonds. The molecule has 0 bridgehead atoms. The second-order valence-corrected chi connectivity index (χ2v) is 6.35. The molecule has 0 saturated carbocycles. The van der Waals surface area contributed by atoms with Gasteiger partial charge in [-0.25, -0.2) is 0 Å². The number of hydrogen-bond donors (Lipinski definition) is 1. The summed E-state index contributed by atoms with van der Waals surface area (Å²) < 4.78 is 11.3. The van der Waals surface area contributed by atoms with E-state index in [-0.39, 0.29) is 23.5 Å².